The van der Waals surface area contributed by atoms with Gasteiger partial charge in [0.05, 0.1) is 24.9 Å². The molecule has 1 saturated heterocycles. The van der Waals surface area contributed by atoms with Crippen LogP contribution in [0.15, 0.2) is 24.3 Å². The minimum absolute atomic E-state index is 0.0311. The van der Waals surface area contributed by atoms with E-state index in [-0.39, 0.29) is 6.04 Å². The second-order valence-electron chi connectivity index (χ2n) is 10.4. The van der Waals surface area contributed by atoms with Crippen LogP contribution in [0.3, 0.4) is 0 Å². The molecule has 3 aromatic rings. The quantitative estimate of drug-likeness (QED) is 0.495. The first-order chi connectivity index (χ1) is 15.9. The Labute approximate surface area is 196 Å². The zero-order valence-corrected chi connectivity index (χ0v) is 20.3. The summed E-state index contributed by atoms with van der Waals surface area (Å²) in [6, 6.07) is 8.63. The van der Waals surface area contributed by atoms with Crippen molar-refractivity contribution < 1.29 is 9.84 Å². The van der Waals surface area contributed by atoms with Gasteiger partial charge in [-0.15, -0.1) is 0 Å². The Morgan fingerprint density at radius 2 is 2.03 bits per heavy atom. The van der Waals surface area contributed by atoms with Crippen LogP contribution in [0.1, 0.15) is 45.4 Å². The van der Waals surface area contributed by atoms with Crippen LogP contribution in [0, 0.1) is 5.41 Å². The smallest absolute Gasteiger partial charge is 0.142 e. The monoisotopic (exact) mass is 451 g/mol. The largest absolute Gasteiger partial charge is 0.379 e. The van der Waals surface area contributed by atoms with E-state index in [2.05, 4.69) is 76.9 Å². The van der Waals surface area contributed by atoms with Crippen LogP contribution in [-0.2, 0) is 17.6 Å². The number of likely N-dealkylation sites (N-methyl/N-ethyl adjacent to an activating group) is 1. The van der Waals surface area contributed by atoms with Crippen LogP contribution in [0.25, 0.3) is 22.3 Å². The molecule has 0 spiro atoms. The first kappa shape index (κ1) is 22.4. The third-order valence-electron chi connectivity index (χ3n) is 7.57. The number of morpholine rings is 1. The Morgan fingerprint density at radius 3 is 2.79 bits per heavy atom. The summed E-state index contributed by atoms with van der Waals surface area (Å²) in [6.45, 7) is 12.8. The van der Waals surface area contributed by atoms with Crippen molar-refractivity contribution in [2.75, 3.05) is 37.7 Å². The van der Waals surface area contributed by atoms with E-state index < -0.39 is 6.23 Å². The highest BCUT2D eigenvalue weighted by Gasteiger charge is 2.30. The Hall–Kier alpha value is -2.35. The van der Waals surface area contributed by atoms with Gasteiger partial charge in [0.2, 0.25) is 0 Å². The van der Waals surface area contributed by atoms with Crippen molar-refractivity contribution in [2.24, 2.45) is 5.41 Å². The number of anilines is 1. The summed E-state index contributed by atoms with van der Waals surface area (Å²) in [6.07, 6.45) is 2.71. The van der Waals surface area contributed by atoms with Gasteiger partial charge in [0.15, 0.2) is 0 Å². The van der Waals surface area contributed by atoms with Crippen molar-refractivity contribution in [2.45, 2.75) is 59.2 Å². The van der Waals surface area contributed by atoms with Crippen LogP contribution in [-0.4, -0.2) is 70.3 Å². The number of nitrogens with zero attached hydrogens (tertiary/aromatic N) is 3. The molecule has 2 aromatic heterocycles. The minimum Gasteiger partial charge on any atom is -0.379 e. The average Bonchev–Trinajstić information content (AvgIpc) is 3.41. The predicted octanol–water partition coefficient (Wildman–Crippen LogP) is 3.94. The highest BCUT2D eigenvalue weighted by atomic mass is 16.5. The summed E-state index contributed by atoms with van der Waals surface area (Å²) in [5, 5.41) is 20.3. The maximum atomic E-state index is 11.2. The molecule has 178 valence electrons. The van der Waals surface area contributed by atoms with E-state index in [1.165, 1.54) is 17.7 Å². The van der Waals surface area contributed by atoms with E-state index in [0.29, 0.717) is 5.41 Å². The van der Waals surface area contributed by atoms with E-state index in [4.69, 9.17) is 4.74 Å². The summed E-state index contributed by atoms with van der Waals surface area (Å²) in [5.74, 6) is 0. The number of aliphatic hydroxyl groups is 1. The summed E-state index contributed by atoms with van der Waals surface area (Å²) < 4.78 is 5.48. The number of rotatable bonds is 6. The first-order valence-corrected chi connectivity index (χ1v) is 12.3. The van der Waals surface area contributed by atoms with E-state index in [9.17, 15) is 5.11 Å². The first-order valence-electron chi connectivity index (χ1n) is 12.3. The third kappa shape index (κ3) is 4.29. The van der Waals surface area contributed by atoms with Gasteiger partial charge >= 0.3 is 0 Å². The molecule has 1 fully saturated rings. The summed E-state index contributed by atoms with van der Waals surface area (Å²) in [7, 11) is 0. The molecular weight excluding hydrogens is 414 g/mol. The molecule has 1 aliphatic heterocycles. The second-order valence-corrected chi connectivity index (χ2v) is 10.4. The van der Waals surface area contributed by atoms with Gasteiger partial charge in [0, 0.05) is 47.5 Å². The van der Waals surface area contributed by atoms with Gasteiger partial charge in [0.1, 0.15) is 11.9 Å². The Kier molecular flexibility index (Phi) is 5.97. The number of aromatic nitrogens is 3. The van der Waals surface area contributed by atoms with Crippen LogP contribution in [0.5, 0.6) is 0 Å². The maximum Gasteiger partial charge on any atom is 0.142 e. The van der Waals surface area contributed by atoms with Gasteiger partial charge in [-0.2, -0.15) is 5.10 Å². The van der Waals surface area contributed by atoms with E-state index in [1.54, 1.807) is 0 Å². The molecule has 0 bridgehead atoms. The van der Waals surface area contributed by atoms with Crippen molar-refractivity contribution in [3.8, 4) is 11.4 Å². The molecular formula is C26H37N5O2. The van der Waals surface area contributed by atoms with E-state index in [0.717, 1.165) is 73.7 Å². The minimum atomic E-state index is -0.582. The zero-order valence-electron chi connectivity index (χ0n) is 20.3. The van der Waals surface area contributed by atoms with E-state index >= 15 is 0 Å². The summed E-state index contributed by atoms with van der Waals surface area (Å²) >= 11 is 0. The van der Waals surface area contributed by atoms with Gasteiger partial charge in [-0.1, -0.05) is 19.9 Å². The van der Waals surface area contributed by atoms with Gasteiger partial charge in [-0.25, -0.2) is 0 Å². The molecule has 3 N–H and O–H groups in total. The number of hydrogen-bond acceptors (Lipinski definition) is 5. The molecule has 7 nitrogen and oxygen atoms in total. The fourth-order valence-corrected chi connectivity index (χ4v) is 5.45. The van der Waals surface area contributed by atoms with Gasteiger partial charge < -0.3 is 19.7 Å². The Morgan fingerprint density at radius 1 is 1.24 bits per heavy atom. The molecule has 1 aliphatic carbocycles. The second kappa shape index (κ2) is 8.78. The molecule has 1 aromatic carbocycles. The SMILES string of the molecule is CCN(c1ccc2cc(-c3n[nH]c4c3CCC(C)(C)C4)[nH]c2c1)C(O)[C@H](C)N1CCOCC1. The molecule has 1 unspecified atom stereocenters. The Bertz CT molecular complexity index is 1110. The molecule has 2 atom stereocenters. The van der Waals surface area contributed by atoms with Crippen molar-refractivity contribution in [1.82, 2.24) is 20.1 Å². The number of aliphatic hydroxyl groups excluding tert-OH is 1. The number of benzene rings is 1. The van der Waals surface area contributed by atoms with Gasteiger partial charge in [-0.3, -0.25) is 10.00 Å². The molecule has 0 amide bonds. The lowest BCUT2D eigenvalue weighted by molar-refractivity contribution is -0.0162. The highest BCUT2D eigenvalue weighted by Crippen LogP contribution is 2.38. The number of hydrogen-bond donors (Lipinski definition) is 3. The number of fused-ring (bicyclic) bond motifs is 2. The lowest BCUT2D eigenvalue weighted by atomic mass is 9.76. The highest BCUT2D eigenvalue weighted by molar-refractivity contribution is 5.88. The molecule has 3 heterocycles. The summed E-state index contributed by atoms with van der Waals surface area (Å²) in [4.78, 5) is 7.99. The summed E-state index contributed by atoms with van der Waals surface area (Å²) in [5.41, 5.74) is 7.16. The van der Waals surface area contributed by atoms with Crippen LogP contribution in [0.2, 0.25) is 0 Å². The predicted molar refractivity (Wildman–Crippen MR) is 133 cm³/mol. The van der Waals surface area contributed by atoms with Crippen molar-refractivity contribution in [3.05, 3.63) is 35.5 Å². The number of ether oxygens (including phenoxy) is 1. The molecule has 33 heavy (non-hydrogen) atoms. The fourth-order valence-electron chi connectivity index (χ4n) is 5.45. The fraction of sp³-hybridized carbons (Fsp3) is 0.577. The maximum absolute atomic E-state index is 11.2. The number of H-pyrrole nitrogens is 2. The van der Waals surface area contributed by atoms with Crippen molar-refractivity contribution in [1.29, 1.82) is 0 Å². The zero-order chi connectivity index (χ0) is 23.2. The number of nitrogens with one attached hydrogen (secondary N) is 2. The third-order valence-corrected chi connectivity index (χ3v) is 7.57. The normalized spacial score (nSPS) is 20.5. The molecule has 0 saturated carbocycles. The van der Waals surface area contributed by atoms with Gasteiger partial charge in [-0.05, 0) is 56.7 Å². The molecule has 5 rings (SSSR count). The number of aromatic amines is 2. The van der Waals surface area contributed by atoms with Gasteiger partial charge in [0.25, 0.3) is 0 Å². The van der Waals surface area contributed by atoms with Crippen LogP contribution >= 0.6 is 0 Å². The van der Waals surface area contributed by atoms with Crippen LogP contribution < -0.4 is 4.90 Å². The molecule has 7 heteroatoms. The van der Waals surface area contributed by atoms with Crippen molar-refractivity contribution >= 4 is 16.6 Å². The molecule has 2 aliphatic rings. The lowest BCUT2D eigenvalue weighted by Crippen LogP contribution is -2.53. The standard InChI is InChI=1S/C26H37N5O2/c1-5-31(25(32)17(2)30-10-12-33-13-11-30)19-7-6-18-14-22(27-21(18)15-19)24-20-8-9-26(3,4)16-23(20)28-29-24/h6-7,14-15,17,25,27,32H,5,8-13,16H2,1-4H3,(H,28,29)/t17-,25?/m0/s1. The lowest BCUT2D eigenvalue weighted by Gasteiger charge is -2.40. The van der Waals surface area contributed by atoms with Crippen LogP contribution in [0.4, 0.5) is 5.69 Å². The Balaban J connectivity index is 1.41. The van der Waals surface area contributed by atoms with E-state index in [1.807, 2.05) is 0 Å². The average molecular weight is 452 g/mol. The molecule has 0 radical (unpaired) electrons. The topological polar surface area (TPSA) is 80.4 Å². The van der Waals surface area contributed by atoms with Crippen molar-refractivity contribution in [3.63, 3.8) is 0 Å².